The van der Waals surface area contributed by atoms with Gasteiger partial charge in [-0.05, 0) is 54.7 Å². The van der Waals surface area contributed by atoms with Crippen molar-refractivity contribution in [1.29, 1.82) is 0 Å². The fourth-order valence-corrected chi connectivity index (χ4v) is 7.39. The van der Waals surface area contributed by atoms with Crippen molar-refractivity contribution >= 4 is 70.1 Å². The first-order chi connectivity index (χ1) is 34.2. The van der Waals surface area contributed by atoms with Gasteiger partial charge in [-0.15, -0.1) is 0 Å². The number of nitrogens with one attached hydrogen (secondary N) is 8. The number of hydrogen-bond donors (Lipinski definition) is 13. The van der Waals surface area contributed by atoms with Crippen LogP contribution in [0.1, 0.15) is 69.1 Å². The van der Waals surface area contributed by atoms with E-state index in [2.05, 4.69) is 42.2 Å². The van der Waals surface area contributed by atoms with Gasteiger partial charge in [-0.3, -0.25) is 47.9 Å². The standard InChI is InChI=1S/C49H62N10O13/c1-3-4-13-35(47(70)59-39(24-42(64)65)49(72)57-36(43(51)66)21-28-10-6-5-7-11-28)56-48(71)38(23-30-25-52-34-14-9-8-12-32(30)34)55-40(61)26-53-46(69)37(22-29-15-17-31(60)18-16-29)58-44(67)27(2)54-45(68)33(50)19-20-41(62)63/h5-12,14-18,25,27,33,35-39,52,60H,3-4,13,19-24,26,50H2,1-2H3,(H2,51,66)(H,53,69)(H,54,68)(H,55,61)(H,56,71)(H,57,72)(H,58,67)(H,59,70)(H,62,63)(H,64,65)/t27-,33+,35-,36-,37-,38-,39-/m0/s1. The minimum atomic E-state index is -1.71. The number of carboxylic acid groups (broad SMARTS) is 2. The molecule has 0 aliphatic rings. The molecular formula is C49H62N10O13. The molecule has 15 N–H and O–H groups in total. The molecule has 0 unspecified atom stereocenters. The van der Waals surface area contributed by atoms with Crippen LogP contribution in [0.3, 0.4) is 0 Å². The zero-order valence-electron chi connectivity index (χ0n) is 39.8. The number of rotatable bonds is 29. The van der Waals surface area contributed by atoms with Gasteiger partial charge in [0.2, 0.25) is 47.3 Å². The molecule has 0 fully saturated rings. The van der Waals surface area contributed by atoms with Gasteiger partial charge in [0.15, 0.2) is 0 Å². The molecule has 0 bridgehead atoms. The number of phenols is 1. The van der Waals surface area contributed by atoms with Gasteiger partial charge >= 0.3 is 11.9 Å². The van der Waals surface area contributed by atoms with Crippen LogP contribution in [-0.2, 0) is 67.2 Å². The Bertz CT molecular complexity index is 2550. The van der Waals surface area contributed by atoms with E-state index >= 15 is 0 Å². The van der Waals surface area contributed by atoms with E-state index < -0.39 is 114 Å². The molecule has 23 heteroatoms. The van der Waals surface area contributed by atoms with Gasteiger partial charge in [0, 0.05) is 42.8 Å². The lowest BCUT2D eigenvalue weighted by atomic mass is 10.0. The van der Waals surface area contributed by atoms with Gasteiger partial charge in [-0.1, -0.05) is 80.4 Å². The number of aliphatic carboxylic acids is 2. The van der Waals surface area contributed by atoms with Crippen LogP contribution in [0.25, 0.3) is 10.9 Å². The second-order valence-corrected chi connectivity index (χ2v) is 17.1. The van der Waals surface area contributed by atoms with Gasteiger partial charge in [-0.2, -0.15) is 0 Å². The van der Waals surface area contributed by atoms with Gasteiger partial charge in [-0.25, -0.2) is 0 Å². The van der Waals surface area contributed by atoms with E-state index in [1.54, 1.807) is 60.8 Å². The maximum absolute atomic E-state index is 14.3. The van der Waals surface area contributed by atoms with E-state index in [-0.39, 0.29) is 44.3 Å². The Hall–Kier alpha value is -8.34. The average molecular weight is 999 g/mol. The molecule has 0 radical (unpaired) electrons. The van der Waals surface area contributed by atoms with Crippen molar-refractivity contribution in [3.05, 3.63) is 102 Å². The zero-order valence-corrected chi connectivity index (χ0v) is 39.8. The summed E-state index contributed by atoms with van der Waals surface area (Å²) >= 11 is 0. The number of aromatic amines is 1. The van der Waals surface area contributed by atoms with Gasteiger partial charge in [0.25, 0.3) is 0 Å². The van der Waals surface area contributed by atoms with Crippen molar-refractivity contribution in [3.8, 4) is 5.75 Å². The molecule has 1 aromatic heterocycles. The number of unbranched alkanes of at least 4 members (excludes halogenated alkanes) is 1. The molecule has 4 rings (SSSR count). The van der Waals surface area contributed by atoms with Gasteiger partial charge in [0.1, 0.15) is 42.0 Å². The highest BCUT2D eigenvalue weighted by atomic mass is 16.4. The SMILES string of the molecule is CCCC[C@H](NC(=O)[C@H](Cc1c[nH]c2ccccc12)NC(=O)CNC(=O)[C@H](Cc1ccc(O)cc1)NC(=O)[C@H](C)NC(=O)[C@H](N)CCC(=O)O)C(=O)N[C@@H](CC(=O)O)C(=O)N[C@@H](Cc1ccccc1)C(N)=O. The lowest BCUT2D eigenvalue weighted by Crippen LogP contribution is -2.59. The quantitative estimate of drug-likeness (QED) is 0.0320. The number of fused-ring (bicyclic) bond motifs is 1. The number of nitrogens with two attached hydrogens (primary N) is 2. The molecule has 0 saturated carbocycles. The Morgan fingerprint density at radius 2 is 1.17 bits per heavy atom. The molecule has 8 amide bonds. The van der Waals surface area contributed by atoms with E-state index in [4.69, 9.17) is 16.6 Å². The highest BCUT2D eigenvalue weighted by molar-refractivity contribution is 5.98. The molecule has 4 aromatic rings. The first-order valence-corrected chi connectivity index (χ1v) is 23.2. The first kappa shape index (κ1) is 56.2. The highest BCUT2D eigenvalue weighted by Gasteiger charge is 2.33. The van der Waals surface area contributed by atoms with Crippen LogP contribution < -0.4 is 48.7 Å². The van der Waals surface area contributed by atoms with Crippen LogP contribution in [0.15, 0.2) is 85.1 Å². The topological polar surface area (TPSA) is 383 Å². The molecule has 0 aliphatic carbocycles. The van der Waals surface area contributed by atoms with E-state index in [1.807, 2.05) is 6.92 Å². The monoisotopic (exact) mass is 998 g/mol. The summed E-state index contributed by atoms with van der Waals surface area (Å²) in [4.78, 5) is 133. The molecule has 3 aromatic carbocycles. The summed E-state index contributed by atoms with van der Waals surface area (Å²) in [5.41, 5.74) is 13.8. The number of phenolic OH excluding ortho intramolecular Hbond substituents is 1. The maximum Gasteiger partial charge on any atom is 0.305 e. The lowest BCUT2D eigenvalue weighted by molar-refractivity contribution is -0.141. The summed E-state index contributed by atoms with van der Waals surface area (Å²) in [6, 6.07) is 11.8. The van der Waals surface area contributed by atoms with Crippen molar-refractivity contribution in [1.82, 2.24) is 42.2 Å². The number of primary amides is 1. The zero-order chi connectivity index (χ0) is 52.9. The van der Waals surface area contributed by atoms with Gasteiger partial charge in [0.05, 0.1) is 19.0 Å². The predicted octanol–water partition coefficient (Wildman–Crippen LogP) is -0.711. The molecule has 0 spiro atoms. The first-order valence-electron chi connectivity index (χ1n) is 23.2. The molecule has 7 atom stereocenters. The van der Waals surface area contributed by atoms with E-state index in [9.17, 15) is 58.2 Å². The number of para-hydroxylation sites is 1. The summed E-state index contributed by atoms with van der Waals surface area (Å²) in [6.07, 6.45) is 0.792. The molecule has 386 valence electrons. The lowest BCUT2D eigenvalue weighted by Gasteiger charge is -2.26. The van der Waals surface area contributed by atoms with Crippen LogP contribution in [0.5, 0.6) is 5.75 Å². The summed E-state index contributed by atoms with van der Waals surface area (Å²) in [7, 11) is 0. The third-order valence-corrected chi connectivity index (χ3v) is 11.4. The van der Waals surface area contributed by atoms with Crippen molar-refractivity contribution in [3.63, 3.8) is 0 Å². The van der Waals surface area contributed by atoms with Crippen molar-refractivity contribution in [2.24, 2.45) is 11.5 Å². The Labute approximate surface area is 414 Å². The molecule has 72 heavy (non-hydrogen) atoms. The molecular weight excluding hydrogens is 937 g/mol. The Morgan fingerprint density at radius 1 is 0.597 bits per heavy atom. The fourth-order valence-electron chi connectivity index (χ4n) is 7.39. The summed E-state index contributed by atoms with van der Waals surface area (Å²) < 4.78 is 0. The van der Waals surface area contributed by atoms with Crippen molar-refractivity contribution < 1.29 is 63.3 Å². The van der Waals surface area contributed by atoms with Crippen molar-refractivity contribution in [2.45, 2.75) is 114 Å². The van der Waals surface area contributed by atoms with Crippen LogP contribution in [0.4, 0.5) is 0 Å². The van der Waals surface area contributed by atoms with E-state index in [0.29, 0.717) is 40.4 Å². The minimum absolute atomic E-state index is 0.0190. The second-order valence-electron chi connectivity index (χ2n) is 17.1. The van der Waals surface area contributed by atoms with E-state index in [1.165, 1.54) is 31.2 Å². The number of benzene rings is 3. The van der Waals surface area contributed by atoms with Crippen LogP contribution in [-0.4, -0.2) is 128 Å². The maximum atomic E-state index is 14.3. The summed E-state index contributed by atoms with van der Waals surface area (Å²) in [5, 5.41) is 46.6. The molecule has 0 saturated heterocycles. The number of aromatic hydroxyl groups is 1. The number of H-pyrrole nitrogens is 1. The number of carboxylic acids is 2. The fraction of sp³-hybridized carbons (Fsp3) is 0.388. The Kier molecular flexibility index (Phi) is 21.7. The molecule has 1 heterocycles. The highest BCUT2D eigenvalue weighted by Crippen LogP contribution is 2.20. The number of carbonyl (C=O) groups excluding carboxylic acids is 8. The number of amides is 8. The Morgan fingerprint density at radius 3 is 1.82 bits per heavy atom. The van der Waals surface area contributed by atoms with Crippen LogP contribution in [0, 0.1) is 0 Å². The summed E-state index contributed by atoms with van der Waals surface area (Å²) in [5.74, 6) is -9.78. The number of aromatic nitrogens is 1. The second kappa shape index (κ2) is 27.7. The van der Waals surface area contributed by atoms with Gasteiger partial charge < -0.3 is 69.0 Å². The third kappa shape index (κ3) is 18.2. The number of carbonyl (C=O) groups is 10. The predicted molar refractivity (Wildman–Crippen MR) is 260 cm³/mol. The smallest absolute Gasteiger partial charge is 0.305 e. The molecule has 0 aliphatic heterocycles. The average Bonchev–Trinajstić information content (AvgIpc) is 3.75. The van der Waals surface area contributed by atoms with E-state index in [0.717, 1.165) is 0 Å². The largest absolute Gasteiger partial charge is 0.508 e. The summed E-state index contributed by atoms with van der Waals surface area (Å²) in [6.45, 7) is 2.41. The normalized spacial score (nSPS) is 13.9. The number of hydrogen-bond acceptors (Lipinski definition) is 12. The third-order valence-electron chi connectivity index (χ3n) is 11.4. The van der Waals surface area contributed by atoms with Crippen LogP contribution >= 0.6 is 0 Å². The minimum Gasteiger partial charge on any atom is -0.508 e. The van der Waals surface area contributed by atoms with Crippen LogP contribution in [0.2, 0.25) is 0 Å². The molecule has 23 nitrogen and oxygen atoms in total. The van der Waals surface area contributed by atoms with Crippen molar-refractivity contribution in [2.75, 3.05) is 6.54 Å². The Balaban J connectivity index is 1.52.